The van der Waals surface area contributed by atoms with Gasteiger partial charge in [-0.25, -0.2) is 0 Å². The molecule has 1 aromatic carbocycles. The molecule has 0 aliphatic heterocycles. The Labute approximate surface area is 78.4 Å². The molecule has 0 radical (unpaired) electrons. The first-order valence-corrected chi connectivity index (χ1v) is 4.71. The van der Waals surface area contributed by atoms with Crippen LogP contribution in [0.4, 0.5) is 0 Å². The fourth-order valence-corrected chi connectivity index (χ4v) is 2.23. The molecule has 0 aromatic heterocycles. The second-order valence-electron chi connectivity index (χ2n) is 3.74. The fourth-order valence-electron chi connectivity index (χ4n) is 2.23. The van der Waals surface area contributed by atoms with Gasteiger partial charge < -0.3 is 10.8 Å². The Morgan fingerprint density at radius 2 is 2.31 bits per heavy atom. The molecule has 1 atom stereocenters. The van der Waals surface area contributed by atoms with E-state index >= 15 is 0 Å². The van der Waals surface area contributed by atoms with Crippen molar-refractivity contribution in [2.45, 2.75) is 32.4 Å². The summed E-state index contributed by atoms with van der Waals surface area (Å²) in [5, 5.41) is 9.14. The number of nitrogens with two attached hydrogens (primary N) is 1. The lowest BCUT2D eigenvalue weighted by atomic mass is 9.98. The van der Waals surface area contributed by atoms with Gasteiger partial charge in [0.1, 0.15) is 0 Å². The summed E-state index contributed by atoms with van der Waals surface area (Å²) in [4.78, 5) is 0. The number of hydrogen-bond donors (Lipinski definition) is 2. The third kappa shape index (κ3) is 1.26. The van der Waals surface area contributed by atoms with Crippen molar-refractivity contribution in [1.29, 1.82) is 0 Å². The van der Waals surface area contributed by atoms with E-state index in [1.54, 1.807) is 0 Å². The van der Waals surface area contributed by atoms with Crippen LogP contribution >= 0.6 is 0 Å². The number of fused-ring (bicyclic) bond motifs is 1. The van der Waals surface area contributed by atoms with E-state index in [0.29, 0.717) is 0 Å². The SMILES string of the molecule is Cc1ccc(CO)c2c1[C@@H](N)CC2. The minimum absolute atomic E-state index is 0.134. The van der Waals surface area contributed by atoms with Crippen LogP contribution in [0.5, 0.6) is 0 Å². The molecule has 1 aliphatic rings. The van der Waals surface area contributed by atoms with Gasteiger partial charge in [-0.1, -0.05) is 12.1 Å². The van der Waals surface area contributed by atoms with Crippen LogP contribution in [0.3, 0.4) is 0 Å². The van der Waals surface area contributed by atoms with E-state index in [1.807, 2.05) is 6.07 Å². The molecular weight excluding hydrogens is 162 g/mol. The number of aliphatic hydroxyl groups excluding tert-OH is 1. The maximum Gasteiger partial charge on any atom is 0.0684 e. The highest BCUT2D eigenvalue weighted by Crippen LogP contribution is 2.34. The number of benzene rings is 1. The quantitative estimate of drug-likeness (QED) is 0.681. The van der Waals surface area contributed by atoms with Crippen LogP contribution in [0.2, 0.25) is 0 Å². The van der Waals surface area contributed by atoms with E-state index in [4.69, 9.17) is 10.8 Å². The van der Waals surface area contributed by atoms with Crippen molar-refractivity contribution < 1.29 is 5.11 Å². The van der Waals surface area contributed by atoms with Crippen molar-refractivity contribution >= 4 is 0 Å². The summed E-state index contributed by atoms with van der Waals surface area (Å²) in [6.45, 7) is 2.22. The average Bonchev–Trinajstić information content (AvgIpc) is 2.50. The van der Waals surface area contributed by atoms with E-state index in [1.165, 1.54) is 16.7 Å². The van der Waals surface area contributed by atoms with Gasteiger partial charge in [0, 0.05) is 6.04 Å². The molecule has 0 bridgehead atoms. The molecule has 0 spiro atoms. The highest BCUT2D eigenvalue weighted by molar-refractivity contribution is 5.45. The monoisotopic (exact) mass is 177 g/mol. The number of aliphatic hydroxyl groups is 1. The Kier molecular flexibility index (Phi) is 2.10. The van der Waals surface area contributed by atoms with Crippen molar-refractivity contribution in [3.8, 4) is 0 Å². The molecule has 2 nitrogen and oxygen atoms in total. The van der Waals surface area contributed by atoms with Gasteiger partial charge in [-0.2, -0.15) is 0 Å². The fraction of sp³-hybridized carbons (Fsp3) is 0.455. The summed E-state index contributed by atoms with van der Waals surface area (Å²) in [6.07, 6.45) is 2.04. The van der Waals surface area contributed by atoms with E-state index in [-0.39, 0.29) is 12.6 Å². The number of hydrogen-bond acceptors (Lipinski definition) is 2. The summed E-state index contributed by atoms with van der Waals surface area (Å²) in [5.41, 5.74) is 10.9. The zero-order valence-corrected chi connectivity index (χ0v) is 7.88. The lowest BCUT2D eigenvalue weighted by Crippen LogP contribution is -2.07. The molecule has 1 aromatic rings. The van der Waals surface area contributed by atoms with Crippen LogP contribution in [-0.4, -0.2) is 5.11 Å². The topological polar surface area (TPSA) is 46.2 Å². The first-order valence-electron chi connectivity index (χ1n) is 4.71. The van der Waals surface area contributed by atoms with Crippen molar-refractivity contribution in [2.75, 3.05) is 0 Å². The van der Waals surface area contributed by atoms with Crippen LogP contribution in [0, 0.1) is 6.92 Å². The van der Waals surface area contributed by atoms with Crippen LogP contribution < -0.4 is 5.73 Å². The van der Waals surface area contributed by atoms with Crippen molar-refractivity contribution in [3.63, 3.8) is 0 Å². The predicted molar refractivity (Wildman–Crippen MR) is 52.4 cm³/mol. The lowest BCUT2D eigenvalue weighted by Gasteiger charge is -2.11. The Morgan fingerprint density at radius 3 is 3.00 bits per heavy atom. The largest absolute Gasteiger partial charge is 0.392 e. The summed E-state index contributed by atoms with van der Waals surface area (Å²) >= 11 is 0. The molecule has 3 N–H and O–H groups in total. The summed E-state index contributed by atoms with van der Waals surface area (Å²) < 4.78 is 0. The van der Waals surface area contributed by atoms with E-state index < -0.39 is 0 Å². The molecule has 0 fully saturated rings. The average molecular weight is 177 g/mol. The molecular formula is C11H15NO. The van der Waals surface area contributed by atoms with E-state index in [0.717, 1.165) is 18.4 Å². The van der Waals surface area contributed by atoms with E-state index in [9.17, 15) is 0 Å². The van der Waals surface area contributed by atoms with Gasteiger partial charge in [-0.05, 0) is 42.0 Å². The minimum Gasteiger partial charge on any atom is -0.392 e. The second-order valence-corrected chi connectivity index (χ2v) is 3.74. The maximum absolute atomic E-state index is 9.14. The third-order valence-corrected chi connectivity index (χ3v) is 2.92. The van der Waals surface area contributed by atoms with Crippen molar-refractivity contribution in [1.82, 2.24) is 0 Å². The molecule has 70 valence electrons. The predicted octanol–water partition coefficient (Wildman–Crippen LogP) is 1.43. The summed E-state index contributed by atoms with van der Waals surface area (Å²) in [6, 6.07) is 4.24. The van der Waals surface area contributed by atoms with Crippen LogP contribution in [0.25, 0.3) is 0 Å². The van der Waals surface area contributed by atoms with E-state index in [2.05, 4.69) is 13.0 Å². The maximum atomic E-state index is 9.14. The number of rotatable bonds is 1. The first kappa shape index (κ1) is 8.73. The summed E-state index contributed by atoms with van der Waals surface area (Å²) in [7, 11) is 0. The van der Waals surface area contributed by atoms with Crippen molar-refractivity contribution in [3.05, 3.63) is 34.4 Å². The Hall–Kier alpha value is -0.860. The van der Waals surface area contributed by atoms with Gasteiger partial charge in [0.15, 0.2) is 0 Å². The standard InChI is InChI=1S/C11H15NO/c1-7-2-3-8(6-13)9-4-5-10(12)11(7)9/h2-3,10,13H,4-6,12H2,1H3/t10-/m0/s1. The molecule has 0 amide bonds. The zero-order chi connectivity index (χ0) is 9.42. The Bertz CT molecular complexity index is 333. The minimum atomic E-state index is 0.134. The third-order valence-electron chi connectivity index (χ3n) is 2.92. The molecule has 1 aliphatic carbocycles. The Balaban J connectivity index is 2.59. The van der Waals surface area contributed by atoms with Gasteiger partial charge in [0.05, 0.1) is 6.61 Å². The van der Waals surface area contributed by atoms with Crippen LogP contribution in [-0.2, 0) is 13.0 Å². The normalized spacial score (nSPS) is 20.4. The van der Waals surface area contributed by atoms with Gasteiger partial charge in [0.25, 0.3) is 0 Å². The molecule has 2 rings (SSSR count). The highest BCUT2D eigenvalue weighted by atomic mass is 16.3. The molecule has 0 saturated carbocycles. The lowest BCUT2D eigenvalue weighted by molar-refractivity contribution is 0.280. The molecule has 0 heterocycles. The van der Waals surface area contributed by atoms with Gasteiger partial charge in [-0.15, -0.1) is 0 Å². The van der Waals surface area contributed by atoms with Gasteiger partial charge in [-0.3, -0.25) is 0 Å². The molecule has 13 heavy (non-hydrogen) atoms. The summed E-state index contributed by atoms with van der Waals surface area (Å²) in [5.74, 6) is 0. The van der Waals surface area contributed by atoms with Crippen LogP contribution in [0.15, 0.2) is 12.1 Å². The molecule has 0 unspecified atom stereocenters. The van der Waals surface area contributed by atoms with Crippen molar-refractivity contribution in [2.24, 2.45) is 5.73 Å². The number of aryl methyl sites for hydroxylation is 1. The molecule has 0 saturated heterocycles. The van der Waals surface area contributed by atoms with Gasteiger partial charge >= 0.3 is 0 Å². The van der Waals surface area contributed by atoms with Gasteiger partial charge in [0.2, 0.25) is 0 Å². The second kappa shape index (κ2) is 3.13. The molecule has 2 heteroatoms. The highest BCUT2D eigenvalue weighted by Gasteiger charge is 2.22. The zero-order valence-electron chi connectivity index (χ0n) is 7.88. The first-order chi connectivity index (χ1) is 6.24. The smallest absolute Gasteiger partial charge is 0.0684 e. The Morgan fingerprint density at radius 1 is 1.54 bits per heavy atom. The van der Waals surface area contributed by atoms with Crippen LogP contribution in [0.1, 0.15) is 34.7 Å².